The molecule has 16 rings (SSSR count). The zero-order valence-corrected chi connectivity index (χ0v) is 63.6. The van der Waals surface area contributed by atoms with Gasteiger partial charge in [-0.05, 0) is 123 Å². The average molecular weight is 1610 g/mol. The molecule has 588 valence electrons. The minimum absolute atomic E-state index is 0.0760. The average Bonchev–Trinajstić information content (AvgIpc) is 1.79. The SMILES string of the molecule is C1CCOC1.CN1CCN(C(=O)c2nc(-c3cccc(Cn4nc(-c5cc(F)cc(F)c5)ccc4=O)c3)no2)CC1.CN1CCN(c2nc(-c3cccc(Cn4nc(-c5cc(F)cc(F)c5)ccc4=O)c3)no2)CC1.CN1CCNCC1.O=c1ccc(-c2cc(F)cc(F)c2)nn1Cc1cccc(-c2noc(C(Cl)(Cl)Cl)n2)c1. The summed E-state index contributed by atoms with van der Waals surface area (Å²) in [6.07, 6.45) is 2.56. The first-order valence-electron chi connectivity index (χ1n) is 35.8. The van der Waals surface area contributed by atoms with E-state index in [9.17, 15) is 45.5 Å². The monoisotopic (exact) mass is 1610 g/mol. The van der Waals surface area contributed by atoms with Gasteiger partial charge in [0.2, 0.25) is 17.5 Å². The summed E-state index contributed by atoms with van der Waals surface area (Å²) in [6, 6.07) is 39.4. The van der Waals surface area contributed by atoms with E-state index in [4.69, 9.17) is 53.1 Å². The Morgan fingerprint density at radius 1 is 0.425 bits per heavy atom. The molecule has 35 heteroatoms. The second kappa shape index (κ2) is 37.9. The van der Waals surface area contributed by atoms with Crippen molar-refractivity contribution in [2.24, 2.45) is 0 Å². The van der Waals surface area contributed by atoms with Crippen molar-refractivity contribution in [2.45, 2.75) is 36.3 Å². The molecule has 1 amide bonds. The highest BCUT2D eigenvalue weighted by molar-refractivity contribution is 6.66. The normalized spacial score (nSPS) is 14.7. The Kier molecular flexibility index (Phi) is 27.3. The number of amides is 1. The summed E-state index contributed by atoms with van der Waals surface area (Å²) in [7, 11) is 6.23. The van der Waals surface area contributed by atoms with Crippen LogP contribution in [0.3, 0.4) is 0 Å². The summed E-state index contributed by atoms with van der Waals surface area (Å²) in [4.78, 5) is 73.1. The number of carbonyl (C=O) groups excluding carboxylic acids is 1. The third-order valence-corrected chi connectivity index (χ3v) is 18.5. The third-order valence-electron chi connectivity index (χ3n) is 18.1. The second-order valence-electron chi connectivity index (χ2n) is 26.7. The maximum Gasteiger partial charge on any atom is 0.324 e. The quantitative estimate of drug-likeness (QED) is 0.0782. The number of alkyl halides is 3. The predicted molar refractivity (Wildman–Crippen MR) is 411 cm³/mol. The molecule has 4 saturated heterocycles. The second-order valence-corrected chi connectivity index (χ2v) is 29.0. The van der Waals surface area contributed by atoms with Crippen LogP contribution >= 0.6 is 34.8 Å². The molecule has 0 aliphatic carbocycles. The lowest BCUT2D eigenvalue weighted by Gasteiger charge is -2.31. The lowest BCUT2D eigenvalue weighted by Crippen LogP contribution is -2.47. The number of carbonyl (C=O) groups is 1. The van der Waals surface area contributed by atoms with Gasteiger partial charge in [0.1, 0.15) is 34.9 Å². The summed E-state index contributed by atoms with van der Waals surface area (Å²) in [5.41, 5.74) is 4.51. The van der Waals surface area contributed by atoms with Crippen LogP contribution in [0.1, 0.15) is 46.1 Å². The Morgan fingerprint density at radius 3 is 1.17 bits per heavy atom. The fraction of sp³-hybridized carbons (Fsp3) is 0.295. The Labute approximate surface area is 657 Å². The molecule has 113 heavy (non-hydrogen) atoms. The third kappa shape index (κ3) is 22.8. The van der Waals surface area contributed by atoms with Crippen LogP contribution in [0.4, 0.5) is 32.4 Å². The summed E-state index contributed by atoms with van der Waals surface area (Å²) in [5.74, 6) is -4.01. The van der Waals surface area contributed by atoms with Gasteiger partial charge in [-0.2, -0.15) is 30.2 Å². The fourth-order valence-electron chi connectivity index (χ4n) is 12.0. The number of likely N-dealkylation sites (N-methyl/N-ethyl adjacent to an activating group) is 3. The van der Waals surface area contributed by atoms with E-state index in [1.54, 1.807) is 53.4 Å². The molecule has 10 heterocycles. The molecule has 6 aromatic heterocycles. The van der Waals surface area contributed by atoms with Crippen LogP contribution in [-0.4, -0.2) is 198 Å². The Bertz CT molecular complexity index is 5380. The topological polar surface area (TPSA) is 276 Å². The van der Waals surface area contributed by atoms with E-state index >= 15 is 0 Å². The Balaban J connectivity index is 0.000000146. The molecule has 0 spiro atoms. The standard InChI is InChI=1S/C25H22F2N6O3.C24H22F2N6O2.C20H11Cl3F2N4O2.C5H12N2.C4H8O/c1-31-7-9-32(10-8-31)25(35)24-28-23(30-36-24)17-4-2-3-16(11-17)15-33-22(34)6-5-21(29-33)18-12-19(26)14-20(27)13-18;1-30-7-9-31(10-8-30)24-27-23(29-34-24)17-4-2-3-16(11-17)15-32-22(33)6-5-21(28-32)18-12-19(25)14-20(26)13-18;21-20(22,23)19-26-18(28-31-19)12-3-1-2-11(6-12)10-29-17(30)5-4-16(27-29)13-7-14(24)9-15(25)8-13;1-7-4-2-6-3-5-7;1-2-4-5-3-1/h2-6,11-14H,7-10,15H2,1H3;2-6,11-14H,7-10,15H2,1H3;1-9H,10H2;6H,2-5H2,1H3;1-4H2. The summed E-state index contributed by atoms with van der Waals surface area (Å²) >= 11 is 17.2. The number of halogens is 9. The molecule has 0 atom stereocenters. The van der Waals surface area contributed by atoms with E-state index < -0.39 is 38.7 Å². The first-order valence-corrected chi connectivity index (χ1v) is 36.9. The smallest absolute Gasteiger partial charge is 0.324 e. The largest absolute Gasteiger partial charge is 0.381 e. The van der Waals surface area contributed by atoms with Gasteiger partial charge >= 0.3 is 17.8 Å². The van der Waals surface area contributed by atoms with Gasteiger partial charge < -0.3 is 48.1 Å². The molecule has 0 bridgehead atoms. The summed E-state index contributed by atoms with van der Waals surface area (Å²) in [5, 5.41) is 27.9. The van der Waals surface area contributed by atoms with Crippen LogP contribution in [0, 0.1) is 34.9 Å². The van der Waals surface area contributed by atoms with E-state index in [1.807, 2.05) is 31.3 Å². The van der Waals surface area contributed by atoms with Crippen LogP contribution in [-0.2, 0) is 28.2 Å². The minimum Gasteiger partial charge on any atom is -0.381 e. The number of benzene rings is 6. The molecular formula is C78H75Cl3F6N18O8. The van der Waals surface area contributed by atoms with Gasteiger partial charge in [0.25, 0.3) is 26.4 Å². The van der Waals surface area contributed by atoms with Crippen LogP contribution in [0.25, 0.3) is 67.9 Å². The van der Waals surface area contributed by atoms with Crippen molar-refractivity contribution in [2.75, 3.05) is 118 Å². The number of ether oxygens (including phenoxy) is 1. The molecule has 6 aromatic carbocycles. The van der Waals surface area contributed by atoms with Crippen molar-refractivity contribution in [3.05, 3.63) is 258 Å². The van der Waals surface area contributed by atoms with Crippen LogP contribution in [0.5, 0.6) is 0 Å². The van der Waals surface area contributed by atoms with E-state index in [2.05, 4.69) is 84.7 Å². The number of piperazine rings is 3. The summed E-state index contributed by atoms with van der Waals surface area (Å²) < 4.78 is 104. The van der Waals surface area contributed by atoms with Crippen molar-refractivity contribution in [3.63, 3.8) is 0 Å². The van der Waals surface area contributed by atoms with Gasteiger partial charge in [0.05, 0.1) is 36.7 Å². The maximum absolute atomic E-state index is 13.6. The predicted octanol–water partition coefficient (Wildman–Crippen LogP) is 11.1. The van der Waals surface area contributed by atoms with Gasteiger partial charge in [-0.3, -0.25) is 19.2 Å². The molecule has 26 nitrogen and oxygen atoms in total. The highest BCUT2D eigenvalue weighted by atomic mass is 35.6. The van der Waals surface area contributed by atoms with E-state index in [0.717, 1.165) is 119 Å². The molecule has 4 fully saturated rings. The molecule has 4 aliphatic rings. The van der Waals surface area contributed by atoms with Crippen LogP contribution < -0.4 is 26.9 Å². The van der Waals surface area contributed by atoms with E-state index in [-0.39, 0.29) is 93.7 Å². The van der Waals surface area contributed by atoms with Gasteiger partial charge in [0.15, 0.2) is 0 Å². The number of hydrogen-bond donors (Lipinski definition) is 1. The van der Waals surface area contributed by atoms with Crippen molar-refractivity contribution in [3.8, 4) is 67.9 Å². The van der Waals surface area contributed by atoms with Crippen molar-refractivity contribution in [1.82, 2.24) is 84.7 Å². The van der Waals surface area contributed by atoms with Gasteiger partial charge in [-0.15, -0.1) is 0 Å². The maximum atomic E-state index is 13.6. The Hall–Kier alpha value is -11.1. The number of aromatic nitrogens is 12. The van der Waals surface area contributed by atoms with Gasteiger partial charge in [-0.1, -0.05) is 105 Å². The van der Waals surface area contributed by atoms with E-state index in [1.165, 1.54) is 88.5 Å². The zero-order valence-electron chi connectivity index (χ0n) is 61.3. The van der Waals surface area contributed by atoms with Crippen LogP contribution in [0.2, 0.25) is 0 Å². The molecule has 0 saturated carbocycles. The van der Waals surface area contributed by atoms with E-state index in [0.29, 0.717) is 52.9 Å². The number of anilines is 1. The Morgan fingerprint density at radius 2 is 0.796 bits per heavy atom. The highest BCUT2D eigenvalue weighted by Gasteiger charge is 2.31. The molecule has 0 unspecified atom stereocenters. The van der Waals surface area contributed by atoms with Crippen molar-refractivity contribution >= 4 is 46.7 Å². The van der Waals surface area contributed by atoms with Gasteiger partial charge in [-0.25, -0.2) is 40.4 Å². The van der Waals surface area contributed by atoms with Crippen molar-refractivity contribution in [1.29, 1.82) is 0 Å². The summed E-state index contributed by atoms with van der Waals surface area (Å²) in [6.45, 7) is 13.3. The molecule has 12 aromatic rings. The zero-order chi connectivity index (χ0) is 79.7. The first kappa shape index (κ1) is 81.4. The molecule has 0 radical (unpaired) electrons. The first-order chi connectivity index (χ1) is 54.4. The number of hydrogen-bond acceptors (Lipinski definition) is 22. The van der Waals surface area contributed by atoms with Crippen molar-refractivity contribution < 1.29 is 49.4 Å². The molecule has 1 N–H and O–H groups in total. The fourth-order valence-corrected chi connectivity index (χ4v) is 12.2. The molecule has 4 aliphatic heterocycles. The number of rotatable bonds is 14. The minimum atomic E-state index is -1.85. The highest BCUT2D eigenvalue weighted by Crippen LogP contribution is 2.38. The van der Waals surface area contributed by atoms with Gasteiger partial charge in [0, 0.05) is 162 Å². The lowest BCUT2D eigenvalue weighted by molar-refractivity contribution is 0.0615. The molecular weight excluding hydrogens is 1540 g/mol. The van der Waals surface area contributed by atoms with Crippen LogP contribution in [0.15, 0.2) is 192 Å². The number of nitrogens with one attached hydrogen (secondary N) is 1. The number of nitrogens with zero attached hydrogens (tertiary/aromatic N) is 17. The lowest BCUT2D eigenvalue weighted by atomic mass is 10.1.